The van der Waals surface area contributed by atoms with E-state index in [9.17, 15) is 0 Å². The van der Waals surface area contributed by atoms with Crippen molar-refractivity contribution in [3.05, 3.63) is 72.1 Å². The molecule has 0 aliphatic rings. The van der Waals surface area contributed by atoms with E-state index in [0.717, 1.165) is 29.2 Å². The Kier molecular flexibility index (Phi) is 7.70. The molecule has 0 unspecified atom stereocenters. The molecule has 0 fully saturated rings. The van der Waals surface area contributed by atoms with Gasteiger partial charge < -0.3 is 14.1 Å². The molecular weight excluding hydrogens is 370 g/mol. The molecule has 146 valence electrons. The van der Waals surface area contributed by atoms with Crippen LogP contribution in [0.5, 0.6) is 5.75 Å². The van der Waals surface area contributed by atoms with Crippen molar-refractivity contribution in [3.8, 4) is 17.2 Å². The van der Waals surface area contributed by atoms with Crippen molar-refractivity contribution >= 4 is 17.8 Å². The molecule has 28 heavy (non-hydrogen) atoms. The van der Waals surface area contributed by atoms with Crippen molar-refractivity contribution in [2.24, 2.45) is 0 Å². The average Bonchev–Trinajstić information content (AvgIpc) is 3.18. The molecule has 5 nitrogen and oxygen atoms in total. The lowest BCUT2D eigenvalue weighted by atomic mass is 10.1. The summed E-state index contributed by atoms with van der Waals surface area (Å²) in [5.74, 6) is 3.62. The lowest BCUT2D eigenvalue weighted by Gasteiger charge is -2.04. The van der Waals surface area contributed by atoms with Crippen molar-refractivity contribution in [2.75, 3.05) is 33.0 Å². The number of likely N-dealkylation sites (N-methyl/N-ethyl adjacent to an activating group) is 1. The molecule has 0 N–H and O–H groups in total. The largest absolute Gasteiger partial charge is 0.493 e. The van der Waals surface area contributed by atoms with Crippen LogP contribution in [0.4, 0.5) is 0 Å². The molecule has 0 amide bonds. The fraction of sp³-hybridized carbons (Fsp3) is 0.273. The highest BCUT2D eigenvalue weighted by molar-refractivity contribution is 7.98. The average molecular weight is 396 g/mol. The summed E-state index contributed by atoms with van der Waals surface area (Å²) in [4.78, 5) is 2.12. The van der Waals surface area contributed by atoms with Gasteiger partial charge in [-0.05, 0) is 43.9 Å². The second-order valence-electron chi connectivity index (χ2n) is 6.50. The van der Waals surface area contributed by atoms with Crippen LogP contribution in [0.2, 0.25) is 0 Å². The number of thioether (sulfide) groups is 1. The highest BCUT2D eigenvalue weighted by Crippen LogP contribution is 2.21. The van der Waals surface area contributed by atoms with Crippen molar-refractivity contribution in [3.63, 3.8) is 0 Å². The Bertz CT molecular complexity index is 861. The van der Waals surface area contributed by atoms with Gasteiger partial charge in [0.2, 0.25) is 11.8 Å². The third kappa shape index (κ3) is 6.55. The molecule has 0 spiro atoms. The molecule has 0 aliphatic heterocycles. The van der Waals surface area contributed by atoms with Gasteiger partial charge in [-0.15, -0.1) is 22.0 Å². The zero-order valence-electron chi connectivity index (χ0n) is 16.2. The van der Waals surface area contributed by atoms with E-state index in [2.05, 4.69) is 53.5 Å². The van der Waals surface area contributed by atoms with E-state index in [1.807, 2.05) is 42.5 Å². The van der Waals surface area contributed by atoms with Crippen LogP contribution in [0.1, 0.15) is 11.5 Å². The Labute approximate surface area is 170 Å². The minimum absolute atomic E-state index is 0.556. The summed E-state index contributed by atoms with van der Waals surface area (Å²) in [6.45, 7) is 1.57. The van der Waals surface area contributed by atoms with E-state index in [1.165, 1.54) is 0 Å². The number of hydrogen-bond donors (Lipinski definition) is 0. The maximum Gasteiger partial charge on any atom is 0.247 e. The van der Waals surface area contributed by atoms with Gasteiger partial charge in [0.05, 0.1) is 12.4 Å². The fourth-order valence-electron chi connectivity index (χ4n) is 2.46. The topological polar surface area (TPSA) is 51.4 Å². The lowest BCUT2D eigenvalue weighted by molar-refractivity contribution is 0.344. The Morgan fingerprint density at radius 2 is 1.82 bits per heavy atom. The molecule has 0 saturated heterocycles. The molecule has 0 bridgehead atoms. The van der Waals surface area contributed by atoms with Gasteiger partial charge in [0, 0.05) is 17.9 Å². The minimum Gasteiger partial charge on any atom is -0.493 e. The van der Waals surface area contributed by atoms with Gasteiger partial charge >= 0.3 is 0 Å². The third-order valence-corrected chi connectivity index (χ3v) is 4.78. The molecule has 1 aromatic heterocycles. The Balaban J connectivity index is 1.44. The van der Waals surface area contributed by atoms with Crippen LogP contribution >= 0.6 is 11.8 Å². The predicted molar refractivity (Wildman–Crippen MR) is 115 cm³/mol. The summed E-state index contributed by atoms with van der Waals surface area (Å²) in [7, 11) is 4.10. The highest BCUT2D eigenvalue weighted by atomic mass is 32.2. The van der Waals surface area contributed by atoms with Gasteiger partial charge in [-0.2, -0.15) is 0 Å². The fourth-order valence-corrected chi connectivity index (χ4v) is 3.10. The zero-order valence-corrected chi connectivity index (χ0v) is 17.1. The van der Waals surface area contributed by atoms with Crippen molar-refractivity contribution < 1.29 is 9.15 Å². The molecule has 1 heterocycles. The molecule has 0 atom stereocenters. The van der Waals surface area contributed by atoms with E-state index in [4.69, 9.17) is 9.15 Å². The van der Waals surface area contributed by atoms with Crippen molar-refractivity contribution in [2.45, 2.75) is 5.75 Å². The summed E-state index contributed by atoms with van der Waals surface area (Å²) >= 11 is 1.71. The number of rotatable bonds is 10. The normalized spacial score (nSPS) is 11.4. The summed E-state index contributed by atoms with van der Waals surface area (Å²) in [5, 5.41) is 8.30. The number of ether oxygens (including phenoxy) is 1. The van der Waals surface area contributed by atoms with Crippen LogP contribution in [-0.4, -0.2) is 48.1 Å². The second-order valence-corrected chi connectivity index (χ2v) is 7.61. The maximum absolute atomic E-state index is 5.78. The first-order valence-electron chi connectivity index (χ1n) is 9.20. The van der Waals surface area contributed by atoms with Crippen LogP contribution in [0.3, 0.4) is 0 Å². The quantitative estimate of drug-likeness (QED) is 0.467. The zero-order chi connectivity index (χ0) is 19.6. The van der Waals surface area contributed by atoms with Gasteiger partial charge in [-0.25, -0.2) is 0 Å². The number of para-hydroxylation sites is 1. The van der Waals surface area contributed by atoms with Crippen LogP contribution in [0.25, 0.3) is 17.5 Å². The maximum atomic E-state index is 5.78. The molecule has 2 aromatic carbocycles. The standard InChI is InChI=1S/C22H25N3O2S/c1-25(2)14-6-7-18-10-12-19(13-11-18)22-24-23-21(27-22)17-28-16-15-26-20-8-4-3-5-9-20/h3-13H,14-17H2,1-2H3. The van der Waals surface area contributed by atoms with E-state index >= 15 is 0 Å². The monoisotopic (exact) mass is 395 g/mol. The molecule has 3 aromatic rings. The lowest BCUT2D eigenvalue weighted by Crippen LogP contribution is -2.10. The summed E-state index contributed by atoms with van der Waals surface area (Å²) < 4.78 is 11.5. The first kappa shape index (κ1) is 20.2. The third-order valence-electron chi connectivity index (χ3n) is 3.87. The SMILES string of the molecule is CN(C)CC=Cc1ccc(-c2nnc(CSCCOc3ccccc3)o2)cc1. The highest BCUT2D eigenvalue weighted by Gasteiger charge is 2.08. The predicted octanol–water partition coefficient (Wildman–Crippen LogP) is 4.62. The van der Waals surface area contributed by atoms with Gasteiger partial charge in [0.25, 0.3) is 0 Å². The van der Waals surface area contributed by atoms with Crippen LogP contribution < -0.4 is 4.74 Å². The Morgan fingerprint density at radius 1 is 1.04 bits per heavy atom. The molecular formula is C22H25N3O2S. The van der Waals surface area contributed by atoms with E-state index in [1.54, 1.807) is 11.8 Å². The van der Waals surface area contributed by atoms with E-state index < -0.39 is 0 Å². The van der Waals surface area contributed by atoms with Gasteiger partial charge in [-0.3, -0.25) is 0 Å². The molecule has 6 heteroatoms. The number of benzene rings is 2. The summed E-state index contributed by atoms with van der Waals surface area (Å²) in [5.41, 5.74) is 2.08. The van der Waals surface area contributed by atoms with Gasteiger partial charge in [0.15, 0.2) is 0 Å². The minimum atomic E-state index is 0.556. The van der Waals surface area contributed by atoms with Crippen LogP contribution in [0.15, 0.2) is 65.1 Å². The first-order valence-corrected chi connectivity index (χ1v) is 10.4. The van der Waals surface area contributed by atoms with Crippen LogP contribution in [-0.2, 0) is 5.75 Å². The van der Waals surface area contributed by atoms with E-state index in [0.29, 0.717) is 24.1 Å². The van der Waals surface area contributed by atoms with Crippen molar-refractivity contribution in [1.29, 1.82) is 0 Å². The smallest absolute Gasteiger partial charge is 0.247 e. The first-order chi connectivity index (χ1) is 13.7. The molecule has 3 rings (SSSR count). The Hall–Kier alpha value is -2.57. The number of aromatic nitrogens is 2. The molecule has 0 saturated carbocycles. The van der Waals surface area contributed by atoms with Crippen molar-refractivity contribution in [1.82, 2.24) is 15.1 Å². The second kappa shape index (κ2) is 10.7. The molecule has 0 aliphatic carbocycles. The van der Waals surface area contributed by atoms with Crippen LogP contribution in [0, 0.1) is 0 Å². The van der Waals surface area contributed by atoms with Gasteiger partial charge in [0.1, 0.15) is 5.75 Å². The number of hydrogen-bond acceptors (Lipinski definition) is 6. The van der Waals surface area contributed by atoms with Gasteiger partial charge in [-0.1, -0.05) is 42.5 Å². The Morgan fingerprint density at radius 3 is 2.57 bits per heavy atom. The van der Waals surface area contributed by atoms with E-state index in [-0.39, 0.29) is 0 Å². The number of nitrogens with zero attached hydrogens (tertiary/aromatic N) is 3. The molecule has 0 radical (unpaired) electrons. The summed E-state index contributed by atoms with van der Waals surface area (Å²) in [6, 6.07) is 18.0. The summed E-state index contributed by atoms with van der Waals surface area (Å²) in [6.07, 6.45) is 4.25.